The zero-order chi connectivity index (χ0) is 16.8. The molecule has 0 heterocycles. The predicted octanol–water partition coefficient (Wildman–Crippen LogP) is 3.01. The molecule has 1 aromatic carbocycles. The molecule has 5 nitrogen and oxygen atoms in total. The maximum atomic E-state index is 12.9. The standard InChI is InChI=1S/C16H19ClFNO4/c17-12-8-10(18)6-7-14(12)23-9-15(20)19-13-5-3-1-2-4-11(13)16(21)22/h6-8,11,13H,1-5,9H2,(H,19,20)(H,21,22)/t11-,13+/m1/s1. The SMILES string of the molecule is O=C(COc1ccc(F)cc1Cl)N[C@H]1CCCCC[C@H]1C(=O)O. The van der Waals surface area contributed by atoms with Gasteiger partial charge in [0.05, 0.1) is 10.9 Å². The molecule has 0 saturated heterocycles. The van der Waals surface area contributed by atoms with Gasteiger partial charge in [-0.3, -0.25) is 9.59 Å². The highest BCUT2D eigenvalue weighted by molar-refractivity contribution is 6.32. The molecule has 0 spiro atoms. The summed E-state index contributed by atoms with van der Waals surface area (Å²) in [5.41, 5.74) is 0. The van der Waals surface area contributed by atoms with Crippen molar-refractivity contribution in [2.45, 2.75) is 38.1 Å². The minimum Gasteiger partial charge on any atom is -0.482 e. The van der Waals surface area contributed by atoms with Gasteiger partial charge in [0.1, 0.15) is 11.6 Å². The monoisotopic (exact) mass is 343 g/mol. The lowest BCUT2D eigenvalue weighted by Gasteiger charge is -2.22. The van der Waals surface area contributed by atoms with Crippen molar-refractivity contribution in [1.29, 1.82) is 0 Å². The second kappa shape index (κ2) is 8.15. The Balaban J connectivity index is 1.91. The number of amides is 1. The van der Waals surface area contributed by atoms with E-state index in [0.717, 1.165) is 25.3 Å². The molecule has 1 amide bonds. The Bertz CT molecular complexity index is 581. The Morgan fingerprint density at radius 3 is 2.74 bits per heavy atom. The van der Waals surface area contributed by atoms with Crippen LogP contribution in [0.4, 0.5) is 4.39 Å². The summed E-state index contributed by atoms with van der Waals surface area (Å²) in [6, 6.07) is 3.23. The van der Waals surface area contributed by atoms with Crippen LogP contribution in [0.25, 0.3) is 0 Å². The highest BCUT2D eigenvalue weighted by atomic mass is 35.5. The van der Waals surface area contributed by atoms with Gasteiger partial charge >= 0.3 is 5.97 Å². The van der Waals surface area contributed by atoms with Crippen LogP contribution in [-0.4, -0.2) is 29.6 Å². The average Bonchev–Trinajstić information content (AvgIpc) is 2.72. The highest BCUT2D eigenvalue weighted by Crippen LogP contribution is 2.25. The molecule has 0 aliphatic heterocycles. The van der Waals surface area contributed by atoms with E-state index in [9.17, 15) is 19.1 Å². The molecule has 1 saturated carbocycles. The molecule has 1 aliphatic carbocycles. The smallest absolute Gasteiger partial charge is 0.308 e. The first-order valence-corrected chi connectivity index (χ1v) is 7.95. The van der Waals surface area contributed by atoms with Gasteiger partial charge < -0.3 is 15.2 Å². The number of nitrogens with one attached hydrogen (secondary N) is 1. The van der Waals surface area contributed by atoms with Gasteiger partial charge in [0.15, 0.2) is 6.61 Å². The van der Waals surface area contributed by atoms with E-state index in [2.05, 4.69) is 5.32 Å². The fourth-order valence-electron chi connectivity index (χ4n) is 2.76. The van der Waals surface area contributed by atoms with Crippen molar-refractivity contribution >= 4 is 23.5 Å². The van der Waals surface area contributed by atoms with Gasteiger partial charge in [-0.1, -0.05) is 30.9 Å². The van der Waals surface area contributed by atoms with E-state index in [1.807, 2.05) is 0 Å². The van der Waals surface area contributed by atoms with Crippen LogP contribution in [0.15, 0.2) is 18.2 Å². The van der Waals surface area contributed by atoms with Crippen molar-refractivity contribution < 1.29 is 23.8 Å². The first-order chi connectivity index (χ1) is 11.0. The number of hydrogen-bond donors (Lipinski definition) is 2. The summed E-state index contributed by atoms with van der Waals surface area (Å²) < 4.78 is 18.2. The molecule has 126 valence electrons. The summed E-state index contributed by atoms with van der Waals surface area (Å²) in [5.74, 6) is -2.16. The van der Waals surface area contributed by atoms with Gasteiger partial charge in [-0.15, -0.1) is 0 Å². The third-order valence-electron chi connectivity index (χ3n) is 3.93. The van der Waals surface area contributed by atoms with Crippen molar-refractivity contribution in [2.75, 3.05) is 6.61 Å². The summed E-state index contributed by atoms with van der Waals surface area (Å²) >= 11 is 5.82. The lowest BCUT2D eigenvalue weighted by molar-refractivity contribution is -0.143. The topological polar surface area (TPSA) is 75.6 Å². The Kier molecular flexibility index (Phi) is 6.21. The van der Waals surface area contributed by atoms with E-state index >= 15 is 0 Å². The molecular formula is C16H19ClFNO4. The lowest BCUT2D eigenvalue weighted by Crippen LogP contribution is -2.44. The zero-order valence-electron chi connectivity index (χ0n) is 12.6. The highest BCUT2D eigenvalue weighted by Gasteiger charge is 2.30. The number of carbonyl (C=O) groups is 2. The molecule has 2 rings (SSSR count). The van der Waals surface area contributed by atoms with Crippen LogP contribution in [0.1, 0.15) is 32.1 Å². The first-order valence-electron chi connectivity index (χ1n) is 7.57. The van der Waals surface area contributed by atoms with Gasteiger partial charge in [0.25, 0.3) is 5.91 Å². The first kappa shape index (κ1) is 17.5. The van der Waals surface area contributed by atoms with Crippen LogP contribution in [0.3, 0.4) is 0 Å². The van der Waals surface area contributed by atoms with Gasteiger partial charge in [0.2, 0.25) is 0 Å². The molecule has 7 heteroatoms. The quantitative estimate of drug-likeness (QED) is 0.806. The maximum Gasteiger partial charge on any atom is 0.308 e. The summed E-state index contributed by atoms with van der Waals surface area (Å²) in [4.78, 5) is 23.3. The fraction of sp³-hybridized carbons (Fsp3) is 0.500. The molecule has 1 aliphatic rings. The Hall–Kier alpha value is -1.82. The Morgan fingerprint density at radius 1 is 1.30 bits per heavy atom. The van der Waals surface area contributed by atoms with E-state index in [0.29, 0.717) is 12.8 Å². The van der Waals surface area contributed by atoms with Crippen LogP contribution in [0.5, 0.6) is 5.75 Å². The molecular weight excluding hydrogens is 325 g/mol. The number of benzene rings is 1. The summed E-state index contributed by atoms with van der Waals surface area (Å²) in [5, 5.41) is 12.1. The molecule has 1 aromatic rings. The van der Waals surface area contributed by atoms with Crippen LogP contribution in [0, 0.1) is 11.7 Å². The van der Waals surface area contributed by atoms with Crippen LogP contribution in [0.2, 0.25) is 5.02 Å². The third kappa shape index (κ3) is 5.10. The van der Waals surface area contributed by atoms with Crippen molar-refractivity contribution in [3.63, 3.8) is 0 Å². The average molecular weight is 344 g/mol. The van der Waals surface area contributed by atoms with E-state index in [1.165, 1.54) is 12.1 Å². The number of carboxylic acid groups (broad SMARTS) is 1. The fourth-order valence-corrected chi connectivity index (χ4v) is 2.98. The van der Waals surface area contributed by atoms with Gasteiger partial charge in [-0.25, -0.2) is 4.39 Å². The Morgan fingerprint density at radius 2 is 2.04 bits per heavy atom. The second-order valence-electron chi connectivity index (χ2n) is 5.62. The molecule has 1 fully saturated rings. The van der Waals surface area contributed by atoms with Crippen LogP contribution in [-0.2, 0) is 9.59 Å². The number of ether oxygens (including phenoxy) is 1. The molecule has 23 heavy (non-hydrogen) atoms. The van der Waals surface area contributed by atoms with Crippen molar-refractivity contribution in [3.05, 3.63) is 29.0 Å². The second-order valence-corrected chi connectivity index (χ2v) is 6.03. The summed E-state index contributed by atoms with van der Waals surface area (Å²) in [6.07, 6.45) is 3.91. The predicted molar refractivity (Wildman–Crippen MR) is 83.0 cm³/mol. The van der Waals surface area contributed by atoms with E-state index in [4.69, 9.17) is 16.3 Å². The molecule has 0 aromatic heterocycles. The van der Waals surface area contributed by atoms with E-state index in [-0.39, 0.29) is 17.4 Å². The summed E-state index contributed by atoms with van der Waals surface area (Å²) in [6.45, 7) is -0.297. The lowest BCUT2D eigenvalue weighted by atomic mass is 9.95. The number of halogens is 2. The number of rotatable bonds is 5. The molecule has 2 N–H and O–H groups in total. The van der Waals surface area contributed by atoms with Gasteiger partial charge in [-0.05, 0) is 31.0 Å². The largest absolute Gasteiger partial charge is 0.482 e. The van der Waals surface area contributed by atoms with Gasteiger partial charge in [0, 0.05) is 6.04 Å². The van der Waals surface area contributed by atoms with Crippen molar-refractivity contribution in [2.24, 2.45) is 5.92 Å². The minimum atomic E-state index is -0.889. The number of hydrogen-bond acceptors (Lipinski definition) is 3. The third-order valence-corrected chi connectivity index (χ3v) is 4.23. The molecule has 2 atom stereocenters. The van der Waals surface area contributed by atoms with Crippen LogP contribution >= 0.6 is 11.6 Å². The summed E-state index contributed by atoms with van der Waals surface area (Å²) in [7, 11) is 0. The number of carboxylic acids is 1. The Labute approximate surface area is 138 Å². The molecule has 0 radical (unpaired) electrons. The van der Waals surface area contributed by atoms with Crippen LogP contribution < -0.4 is 10.1 Å². The number of carbonyl (C=O) groups excluding carboxylic acids is 1. The van der Waals surface area contributed by atoms with E-state index in [1.54, 1.807) is 0 Å². The van der Waals surface area contributed by atoms with E-state index < -0.39 is 29.7 Å². The number of aliphatic carboxylic acids is 1. The van der Waals surface area contributed by atoms with Crippen molar-refractivity contribution in [1.82, 2.24) is 5.32 Å². The maximum absolute atomic E-state index is 12.9. The molecule has 0 unspecified atom stereocenters. The van der Waals surface area contributed by atoms with Crippen molar-refractivity contribution in [3.8, 4) is 5.75 Å². The molecule has 0 bridgehead atoms. The zero-order valence-corrected chi connectivity index (χ0v) is 13.3. The minimum absolute atomic E-state index is 0.0793. The van der Waals surface area contributed by atoms with Gasteiger partial charge in [-0.2, -0.15) is 0 Å². The normalized spacial score (nSPS) is 21.3.